The van der Waals surface area contributed by atoms with E-state index in [1.165, 1.54) is 12.0 Å². The summed E-state index contributed by atoms with van der Waals surface area (Å²) in [4.78, 5) is 19.2. The molecule has 1 aromatic heterocycles. The molecule has 0 aliphatic carbocycles. The van der Waals surface area contributed by atoms with Gasteiger partial charge in [-0.2, -0.15) is 0 Å². The topological polar surface area (TPSA) is 46.3 Å². The van der Waals surface area contributed by atoms with Gasteiger partial charge in [0, 0.05) is 18.5 Å². The summed E-state index contributed by atoms with van der Waals surface area (Å²) in [7, 11) is 0. The molecule has 2 fully saturated rings. The Balaban J connectivity index is 1.56. The number of rotatable bonds is 3. The summed E-state index contributed by atoms with van der Waals surface area (Å²) in [5.74, 6) is 0.911. The molecule has 4 nitrogen and oxygen atoms in total. The average Bonchev–Trinajstić information content (AvgIpc) is 3.19. The van der Waals surface area contributed by atoms with Gasteiger partial charge in [0.25, 0.3) is 5.91 Å². The predicted molar refractivity (Wildman–Crippen MR) is 92.0 cm³/mol. The largest absolute Gasteiger partial charge is 0.448 e. The number of halogens is 1. The Morgan fingerprint density at radius 2 is 2.04 bits per heavy atom. The first kappa shape index (κ1) is 16.3. The van der Waals surface area contributed by atoms with Crippen molar-refractivity contribution in [2.75, 3.05) is 0 Å². The van der Waals surface area contributed by atoms with Gasteiger partial charge in [-0.25, -0.2) is 9.37 Å². The van der Waals surface area contributed by atoms with Crippen molar-refractivity contribution in [3.8, 4) is 0 Å². The zero-order chi connectivity index (χ0) is 17.6. The normalized spacial score (nSPS) is 25.4. The lowest BCUT2D eigenvalue weighted by Gasteiger charge is -2.39. The van der Waals surface area contributed by atoms with Crippen LogP contribution in [0.5, 0.6) is 0 Å². The van der Waals surface area contributed by atoms with Gasteiger partial charge in [0.2, 0.25) is 0 Å². The summed E-state index contributed by atoms with van der Waals surface area (Å²) >= 11 is 0. The summed E-state index contributed by atoms with van der Waals surface area (Å²) in [5, 5.41) is 0. The Kier molecular flexibility index (Phi) is 4.10. The third kappa shape index (κ3) is 2.75. The molecule has 2 saturated heterocycles. The van der Waals surface area contributed by atoms with Crippen LogP contribution in [0, 0.1) is 12.7 Å². The molecule has 2 aliphatic rings. The van der Waals surface area contributed by atoms with Crippen LogP contribution >= 0.6 is 0 Å². The molecule has 25 heavy (non-hydrogen) atoms. The fourth-order valence-corrected chi connectivity index (χ4v) is 4.52. The minimum Gasteiger partial charge on any atom is -0.448 e. The maximum Gasteiger partial charge on any atom is 0.276 e. The molecular formula is C20H23FN2O2. The molecule has 2 aromatic rings. The number of aromatic nitrogens is 1. The minimum atomic E-state index is -0.155. The third-order valence-corrected chi connectivity index (χ3v) is 5.79. The highest BCUT2D eigenvalue weighted by molar-refractivity contribution is 5.94. The van der Waals surface area contributed by atoms with Crippen molar-refractivity contribution in [1.29, 1.82) is 0 Å². The van der Waals surface area contributed by atoms with Gasteiger partial charge in [-0.05, 0) is 55.7 Å². The lowest BCUT2D eigenvalue weighted by molar-refractivity contribution is 0.0564. The maximum absolute atomic E-state index is 13.6. The molecule has 0 spiro atoms. The molecule has 132 valence electrons. The number of aryl methyl sites for hydroxylation is 2. The van der Waals surface area contributed by atoms with Crippen LogP contribution in [0.25, 0.3) is 0 Å². The van der Waals surface area contributed by atoms with E-state index in [0.29, 0.717) is 29.4 Å². The monoisotopic (exact) mass is 342 g/mol. The second-order valence-electron chi connectivity index (χ2n) is 7.25. The average molecular weight is 342 g/mol. The third-order valence-electron chi connectivity index (χ3n) is 5.79. The minimum absolute atomic E-state index is 0.00633. The van der Waals surface area contributed by atoms with Crippen LogP contribution in [0.2, 0.25) is 0 Å². The predicted octanol–water partition coefficient (Wildman–Crippen LogP) is 4.24. The Labute approximate surface area is 147 Å². The van der Waals surface area contributed by atoms with Crippen LogP contribution < -0.4 is 0 Å². The summed E-state index contributed by atoms with van der Waals surface area (Å²) in [6.45, 7) is 3.78. The smallest absolute Gasteiger partial charge is 0.276 e. The van der Waals surface area contributed by atoms with Crippen molar-refractivity contribution < 1.29 is 13.6 Å². The van der Waals surface area contributed by atoms with Gasteiger partial charge in [-0.1, -0.05) is 19.1 Å². The van der Waals surface area contributed by atoms with Crippen LogP contribution in [-0.4, -0.2) is 27.9 Å². The van der Waals surface area contributed by atoms with Crippen LogP contribution in [-0.2, 0) is 6.42 Å². The molecule has 0 saturated carbocycles. The van der Waals surface area contributed by atoms with E-state index < -0.39 is 0 Å². The van der Waals surface area contributed by atoms with E-state index in [0.717, 1.165) is 25.7 Å². The van der Waals surface area contributed by atoms with Gasteiger partial charge in [0.1, 0.15) is 11.6 Å². The number of hydrogen-bond acceptors (Lipinski definition) is 3. The lowest BCUT2D eigenvalue weighted by Crippen LogP contribution is -2.46. The lowest BCUT2D eigenvalue weighted by atomic mass is 9.84. The zero-order valence-electron chi connectivity index (χ0n) is 14.7. The number of fused-ring (bicyclic) bond motifs is 2. The number of carbonyl (C=O) groups is 1. The maximum atomic E-state index is 13.6. The van der Waals surface area contributed by atoms with E-state index in [1.54, 1.807) is 6.07 Å². The van der Waals surface area contributed by atoms with Crippen LogP contribution in [0.1, 0.15) is 65.9 Å². The highest BCUT2D eigenvalue weighted by Gasteiger charge is 2.44. The number of piperidine rings is 1. The summed E-state index contributed by atoms with van der Waals surface area (Å²) in [6.07, 6.45) is 5.97. The van der Waals surface area contributed by atoms with Crippen molar-refractivity contribution in [3.63, 3.8) is 0 Å². The Morgan fingerprint density at radius 1 is 1.32 bits per heavy atom. The molecule has 3 heterocycles. The van der Waals surface area contributed by atoms with Crippen molar-refractivity contribution in [2.24, 2.45) is 0 Å². The molecule has 0 N–H and O–H groups in total. The molecule has 1 amide bonds. The standard InChI is InChI=1S/C20H23FN2O2/c1-3-18-19(22-11-25-18)20(24)23-15-5-6-16(23)10-14(9-15)13-4-7-17(21)12(2)8-13/h4,7-8,11,14-16H,3,5-6,9-10H2,1-2H3/t14?,15-,16+. The molecule has 4 rings (SSSR count). The number of benzene rings is 1. The van der Waals surface area contributed by atoms with E-state index in [4.69, 9.17) is 4.42 Å². The van der Waals surface area contributed by atoms with Gasteiger partial charge < -0.3 is 9.32 Å². The summed E-state index contributed by atoms with van der Waals surface area (Å²) in [5.41, 5.74) is 2.35. The van der Waals surface area contributed by atoms with Gasteiger partial charge >= 0.3 is 0 Å². The van der Waals surface area contributed by atoms with E-state index in [-0.39, 0.29) is 23.8 Å². The number of oxazole rings is 1. The van der Waals surface area contributed by atoms with Crippen molar-refractivity contribution >= 4 is 5.91 Å². The first-order valence-corrected chi connectivity index (χ1v) is 9.09. The van der Waals surface area contributed by atoms with E-state index >= 15 is 0 Å². The highest BCUT2D eigenvalue weighted by atomic mass is 19.1. The van der Waals surface area contributed by atoms with Crippen molar-refractivity contribution in [3.05, 3.63) is 53.0 Å². The second-order valence-corrected chi connectivity index (χ2v) is 7.25. The molecule has 2 bridgehead atoms. The summed E-state index contributed by atoms with van der Waals surface area (Å²) < 4.78 is 18.9. The second kappa shape index (κ2) is 6.28. The number of carbonyl (C=O) groups excluding carboxylic acids is 1. The molecular weight excluding hydrogens is 319 g/mol. The van der Waals surface area contributed by atoms with Gasteiger partial charge in [0.05, 0.1) is 0 Å². The zero-order valence-corrected chi connectivity index (χ0v) is 14.7. The molecule has 1 unspecified atom stereocenters. The van der Waals surface area contributed by atoms with E-state index in [1.807, 2.05) is 30.9 Å². The fraction of sp³-hybridized carbons (Fsp3) is 0.500. The number of hydrogen-bond donors (Lipinski definition) is 0. The van der Waals surface area contributed by atoms with E-state index in [2.05, 4.69) is 4.98 Å². The summed E-state index contributed by atoms with van der Waals surface area (Å²) in [6, 6.07) is 5.90. The molecule has 3 atom stereocenters. The van der Waals surface area contributed by atoms with E-state index in [9.17, 15) is 9.18 Å². The quantitative estimate of drug-likeness (QED) is 0.838. The molecule has 2 aliphatic heterocycles. The van der Waals surface area contributed by atoms with Crippen LogP contribution in [0.4, 0.5) is 4.39 Å². The van der Waals surface area contributed by atoms with Crippen molar-refractivity contribution in [2.45, 2.75) is 64.0 Å². The molecule has 1 aromatic carbocycles. The highest BCUT2D eigenvalue weighted by Crippen LogP contribution is 2.44. The number of nitrogens with zero attached hydrogens (tertiary/aromatic N) is 2. The van der Waals surface area contributed by atoms with Gasteiger partial charge in [0.15, 0.2) is 12.1 Å². The van der Waals surface area contributed by atoms with Gasteiger partial charge in [-0.15, -0.1) is 0 Å². The Morgan fingerprint density at radius 3 is 2.68 bits per heavy atom. The first-order chi connectivity index (χ1) is 12.1. The molecule has 0 radical (unpaired) electrons. The SMILES string of the molecule is CCc1ocnc1C(=O)N1[C@@H]2CC[C@H]1CC(c1ccc(F)c(C)c1)C2. The Bertz CT molecular complexity index is 787. The van der Waals surface area contributed by atoms with Crippen LogP contribution in [0.15, 0.2) is 29.0 Å². The Hall–Kier alpha value is -2.17. The van der Waals surface area contributed by atoms with Crippen LogP contribution in [0.3, 0.4) is 0 Å². The van der Waals surface area contributed by atoms with Crippen molar-refractivity contribution in [1.82, 2.24) is 9.88 Å². The fourth-order valence-electron chi connectivity index (χ4n) is 4.52. The van der Waals surface area contributed by atoms with Gasteiger partial charge in [-0.3, -0.25) is 4.79 Å². The first-order valence-electron chi connectivity index (χ1n) is 9.09. The number of amides is 1. The molecule has 5 heteroatoms.